The van der Waals surface area contributed by atoms with Gasteiger partial charge in [-0.05, 0) is 70.6 Å². The van der Waals surface area contributed by atoms with Gasteiger partial charge in [0, 0.05) is 71.6 Å². The molecule has 0 spiro atoms. The molecule has 12 heteroatoms. The molecule has 2 amide bonds. The summed E-state index contributed by atoms with van der Waals surface area (Å²) in [6.45, 7) is 15.8. The number of hydrogen-bond acceptors (Lipinski definition) is 9. The highest BCUT2D eigenvalue weighted by Crippen LogP contribution is 2.40. The Balaban J connectivity index is 1.52. The number of aromatic nitrogens is 2. The Morgan fingerprint density at radius 1 is 1.29 bits per heavy atom. The SMILES string of the molecule is C=C/C(=C(\N=CC)[C@H](C)OC)c1c2c3cc(ccc3n1CC)-c1csc(n1)C[C@H](NC(=O)C1CC1)C(=O)N1CCC[C@H](N1)C(=O)OCC(C)(C)C2. The molecule has 0 radical (unpaired) electrons. The maximum absolute atomic E-state index is 13.9. The van der Waals surface area contributed by atoms with Crippen molar-refractivity contribution in [1.29, 1.82) is 0 Å². The second kappa shape index (κ2) is 15.2. The van der Waals surface area contributed by atoms with Crippen LogP contribution in [0.1, 0.15) is 76.6 Å². The van der Waals surface area contributed by atoms with Gasteiger partial charge in [0.25, 0.3) is 5.91 Å². The fourth-order valence-electron chi connectivity index (χ4n) is 7.11. The summed E-state index contributed by atoms with van der Waals surface area (Å²) in [6.07, 6.45) is 7.03. The van der Waals surface area contributed by atoms with Gasteiger partial charge in [0.1, 0.15) is 12.1 Å². The minimum Gasteiger partial charge on any atom is -0.464 e. The summed E-state index contributed by atoms with van der Waals surface area (Å²) in [5.74, 6) is -0.848. The van der Waals surface area contributed by atoms with E-state index in [-0.39, 0.29) is 36.9 Å². The molecule has 11 nitrogen and oxygen atoms in total. The Bertz CT molecular complexity index is 1880. The van der Waals surface area contributed by atoms with Crippen molar-refractivity contribution in [3.63, 3.8) is 0 Å². The van der Waals surface area contributed by atoms with Crippen LogP contribution in [-0.4, -0.2) is 77.0 Å². The van der Waals surface area contributed by atoms with Crippen molar-refractivity contribution < 1.29 is 23.9 Å². The number of amides is 2. The van der Waals surface area contributed by atoms with Crippen LogP contribution in [-0.2, 0) is 43.2 Å². The lowest BCUT2D eigenvalue weighted by molar-refractivity contribution is -0.155. The largest absolute Gasteiger partial charge is 0.464 e. The monoisotopic (exact) mass is 714 g/mol. The highest BCUT2D eigenvalue weighted by atomic mass is 32.1. The van der Waals surface area contributed by atoms with Crippen LogP contribution in [0.2, 0.25) is 0 Å². The number of cyclic esters (lactones) is 1. The van der Waals surface area contributed by atoms with Crippen molar-refractivity contribution in [2.45, 2.75) is 97.9 Å². The molecule has 1 saturated heterocycles. The molecule has 51 heavy (non-hydrogen) atoms. The maximum Gasteiger partial charge on any atom is 0.324 e. The van der Waals surface area contributed by atoms with Gasteiger partial charge in [-0.1, -0.05) is 32.6 Å². The Morgan fingerprint density at radius 3 is 2.76 bits per heavy atom. The lowest BCUT2D eigenvalue weighted by atomic mass is 9.84. The number of thiazole rings is 1. The fourth-order valence-corrected chi connectivity index (χ4v) is 7.96. The molecule has 272 valence electrons. The lowest BCUT2D eigenvalue weighted by Gasteiger charge is -2.35. The summed E-state index contributed by atoms with van der Waals surface area (Å²) >= 11 is 1.48. The minimum atomic E-state index is -0.814. The number of rotatable bonds is 8. The first-order chi connectivity index (χ1) is 24.5. The molecule has 2 aliphatic heterocycles. The Morgan fingerprint density at radius 2 is 2.08 bits per heavy atom. The predicted octanol–water partition coefficient (Wildman–Crippen LogP) is 5.87. The lowest BCUT2D eigenvalue weighted by Crippen LogP contribution is -2.60. The van der Waals surface area contributed by atoms with Gasteiger partial charge in [-0.3, -0.25) is 24.4 Å². The van der Waals surface area contributed by atoms with E-state index in [0.29, 0.717) is 32.4 Å². The topological polar surface area (TPSA) is 127 Å². The van der Waals surface area contributed by atoms with Gasteiger partial charge in [0.2, 0.25) is 5.91 Å². The number of carbonyl (C=O) groups excluding carboxylic acids is 3. The van der Waals surface area contributed by atoms with Crippen molar-refractivity contribution in [1.82, 2.24) is 25.3 Å². The van der Waals surface area contributed by atoms with Crippen molar-refractivity contribution in [2.24, 2.45) is 16.3 Å². The van der Waals surface area contributed by atoms with Crippen LogP contribution in [0.4, 0.5) is 0 Å². The van der Waals surface area contributed by atoms with Crippen LogP contribution >= 0.6 is 11.3 Å². The van der Waals surface area contributed by atoms with Crippen LogP contribution in [0.25, 0.3) is 27.7 Å². The number of allylic oxidation sites excluding steroid dienone is 2. The predicted molar refractivity (Wildman–Crippen MR) is 201 cm³/mol. The molecule has 6 bridgehead atoms. The van der Waals surface area contributed by atoms with Crippen LogP contribution in [0.15, 0.2) is 46.9 Å². The van der Waals surface area contributed by atoms with E-state index in [0.717, 1.165) is 62.5 Å². The Hall–Kier alpha value is -4.13. The third-order valence-electron chi connectivity index (χ3n) is 10.0. The van der Waals surface area contributed by atoms with E-state index in [1.807, 2.05) is 25.3 Å². The number of aryl methyl sites for hydroxylation is 1. The van der Waals surface area contributed by atoms with Gasteiger partial charge < -0.3 is 19.4 Å². The first kappa shape index (κ1) is 36.7. The van der Waals surface area contributed by atoms with E-state index in [4.69, 9.17) is 19.5 Å². The average Bonchev–Trinajstić information content (AvgIpc) is 3.82. The van der Waals surface area contributed by atoms with E-state index >= 15 is 0 Å². The van der Waals surface area contributed by atoms with Gasteiger partial charge >= 0.3 is 5.97 Å². The van der Waals surface area contributed by atoms with Crippen molar-refractivity contribution in [2.75, 3.05) is 20.3 Å². The number of fused-ring (bicyclic) bond motifs is 6. The fraction of sp³-hybridized carbons (Fsp3) is 0.513. The van der Waals surface area contributed by atoms with Crippen molar-refractivity contribution in [3.05, 3.63) is 58.2 Å². The molecule has 0 unspecified atom stereocenters. The Labute approximate surface area is 304 Å². The van der Waals surface area contributed by atoms with Gasteiger partial charge in [0.05, 0.1) is 34.8 Å². The molecular weight excluding hydrogens is 665 g/mol. The zero-order valence-electron chi connectivity index (χ0n) is 30.6. The standard InChI is InChI=1S/C39H50N6O5S/c1-8-26(34(40-9-2)23(4)49-7)35-28-20-39(5,6)22-50-38(48)29-12-11-17-45(43-29)37(47)30(42-36(46)24-13-14-24)19-33-41-31(21-51-33)25-15-16-32(27(28)18-25)44(35)10-3/h8-9,15-16,18,21,23-24,29-30,43H,1,10-14,17,19-20,22H2,2-7H3,(H,42,46)/b34-26+,40-9?/t23-,29-,30-/m0/s1. The summed E-state index contributed by atoms with van der Waals surface area (Å²) in [5, 5.41) is 8.31. The number of hydrazine groups is 1. The molecule has 1 saturated carbocycles. The quantitative estimate of drug-likeness (QED) is 0.170. The average molecular weight is 715 g/mol. The molecule has 2 N–H and O–H groups in total. The summed E-state index contributed by atoms with van der Waals surface area (Å²) in [4.78, 5) is 50.2. The molecule has 3 atom stereocenters. The minimum absolute atomic E-state index is 0.0571. The number of methoxy groups -OCH3 is 1. The number of hydrogen-bond donors (Lipinski definition) is 2. The zero-order chi connectivity index (χ0) is 36.4. The normalized spacial score (nSPS) is 22.4. The van der Waals surface area contributed by atoms with E-state index in [1.54, 1.807) is 13.3 Å². The zero-order valence-corrected chi connectivity index (χ0v) is 31.4. The molecule has 1 aliphatic carbocycles. The highest BCUT2D eigenvalue weighted by molar-refractivity contribution is 7.10. The summed E-state index contributed by atoms with van der Waals surface area (Å²) in [5.41, 5.74) is 9.26. The molecule has 3 aliphatic rings. The number of benzene rings is 1. The van der Waals surface area contributed by atoms with Crippen LogP contribution in [0.5, 0.6) is 0 Å². The van der Waals surface area contributed by atoms with Crippen LogP contribution in [0, 0.1) is 11.3 Å². The molecule has 6 rings (SSSR count). The van der Waals surface area contributed by atoms with E-state index < -0.39 is 23.5 Å². The first-order valence-electron chi connectivity index (χ1n) is 18.0. The van der Waals surface area contributed by atoms with Gasteiger partial charge in [-0.2, -0.15) is 0 Å². The summed E-state index contributed by atoms with van der Waals surface area (Å²) in [6, 6.07) is 4.92. The molecule has 4 heterocycles. The summed E-state index contributed by atoms with van der Waals surface area (Å²) in [7, 11) is 1.68. The molecule has 3 aromatic rings. The number of nitrogens with zero attached hydrogens (tertiary/aromatic N) is 4. The van der Waals surface area contributed by atoms with E-state index in [9.17, 15) is 14.4 Å². The third kappa shape index (κ3) is 7.73. The Kier molecular flexibility index (Phi) is 10.9. The van der Waals surface area contributed by atoms with Crippen LogP contribution in [0.3, 0.4) is 0 Å². The van der Waals surface area contributed by atoms with Gasteiger partial charge in [-0.25, -0.2) is 10.4 Å². The van der Waals surface area contributed by atoms with Gasteiger partial charge in [0.15, 0.2) is 0 Å². The second-order valence-corrected chi connectivity index (χ2v) is 15.4. The van der Waals surface area contributed by atoms with Crippen LogP contribution < -0.4 is 10.7 Å². The number of nitrogens with one attached hydrogen (secondary N) is 2. The smallest absolute Gasteiger partial charge is 0.324 e. The summed E-state index contributed by atoms with van der Waals surface area (Å²) < 4.78 is 14.1. The van der Waals surface area contributed by atoms with Gasteiger partial charge in [-0.15, -0.1) is 11.3 Å². The number of carbonyl (C=O) groups is 3. The number of ether oxygens (including phenoxy) is 2. The molecular formula is C39H50N6O5S. The molecule has 2 aromatic heterocycles. The van der Waals surface area contributed by atoms with Crippen molar-refractivity contribution >= 4 is 51.8 Å². The maximum atomic E-state index is 13.9. The molecule has 2 fully saturated rings. The number of aliphatic imine (C=N–C) groups is 1. The third-order valence-corrected chi connectivity index (χ3v) is 10.9. The molecule has 1 aromatic carbocycles. The van der Waals surface area contributed by atoms with E-state index in [2.05, 4.69) is 60.9 Å². The first-order valence-corrected chi connectivity index (χ1v) is 18.9. The van der Waals surface area contributed by atoms with Crippen molar-refractivity contribution in [3.8, 4) is 11.3 Å². The second-order valence-electron chi connectivity index (χ2n) is 14.5. The van der Waals surface area contributed by atoms with E-state index in [1.165, 1.54) is 16.3 Å². The highest BCUT2D eigenvalue weighted by Gasteiger charge is 2.38. The number of esters is 1.